The van der Waals surface area contributed by atoms with Gasteiger partial charge in [-0.25, -0.2) is 19.9 Å². The largest absolute Gasteiger partial charge is 0.294 e. The van der Waals surface area contributed by atoms with Crippen LogP contribution in [0.15, 0.2) is 261 Å². The predicted octanol–water partition coefficient (Wildman–Crippen LogP) is 18.7. The maximum Gasteiger partial charge on any atom is 0.152 e. The van der Waals surface area contributed by atoms with Gasteiger partial charge in [0.2, 0.25) is 0 Å². The van der Waals surface area contributed by atoms with Crippen LogP contribution in [0.25, 0.3) is 183 Å². The van der Waals surface area contributed by atoms with Crippen LogP contribution in [-0.4, -0.2) is 42.4 Å². The number of nitrogens with zero attached hydrogens (tertiary/aromatic N) is 9. The molecule has 8 aromatic heterocycles. The summed E-state index contributed by atoms with van der Waals surface area (Å²) in [4.78, 5) is 21.9. The van der Waals surface area contributed by atoms with Crippen LogP contribution in [0.4, 0.5) is 0 Å². The van der Waals surface area contributed by atoms with Gasteiger partial charge in [0.1, 0.15) is 34.0 Å². The summed E-state index contributed by atoms with van der Waals surface area (Å²) in [5.41, 5.74) is 23.3. The van der Waals surface area contributed by atoms with E-state index in [0.29, 0.717) is 0 Å². The van der Waals surface area contributed by atoms with Crippen molar-refractivity contribution in [2.24, 2.45) is 0 Å². The fourth-order valence-electron chi connectivity index (χ4n) is 14.5. The molecule has 0 atom stereocenters. The van der Waals surface area contributed by atoms with E-state index in [9.17, 15) is 0 Å². The standard InChI is InChI=1S/C76H43N9/c1-2-17-47(18-3-1)81-67-32-15-11-27-61(67)78-72(81)44-33-37-48(38-34-44)82-66-40-36-46(42-60(66)71-75(82)84-63-29-12-8-21-52(63)49-19-5-7-24-56(49)74(84)80-71)45-35-39-51-58(41-45)54-26-16-28-62-69(54)59(51)43-68(77-62)83-65-31-14-10-25-57(65)70-76(83)85-64-30-13-9-22-53(64)50-20-4-6-23-55(50)73(85)79-70/h1-43H. The first kappa shape index (κ1) is 45.0. The highest BCUT2D eigenvalue weighted by molar-refractivity contribution is 6.20. The van der Waals surface area contributed by atoms with Gasteiger partial charge < -0.3 is 0 Å². The Balaban J connectivity index is 0.771. The van der Waals surface area contributed by atoms with Gasteiger partial charge in [0.15, 0.2) is 11.3 Å². The lowest BCUT2D eigenvalue weighted by Crippen LogP contribution is -2.02. The fourth-order valence-corrected chi connectivity index (χ4v) is 14.5. The van der Waals surface area contributed by atoms with Gasteiger partial charge in [0, 0.05) is 54.6 Å². The Morgan fingerprint density at radius 1 is 0.259 bits per heavy atom. The Kier molecular flexibility index (Phi) is 8.73. The summed E-state index contributed by atoms with van der Waals surface area (Å²) < 4.78 is 11.7. The summed E-state index contributed by atoms with van der Waals surface area (Å²) in [6.45, 7) is 0. The molecule has 11 aromatic carbocycles. The minimum atomic E-state index is 0.857. The Morgan fingerprint density at radius 2 is 0.788 bits per heavy atom. The van der Waals surface area contributed by atoms with E-state index in [1.807, 2.05) is 0 Å². The average Bonchev–Trinajstić information content (AvgIpc) is 1.75. The van der Waals surface area contributed by atoms with E-state index in [4.69, 9.17) is 19.9 Å². The molecule has 85 heavy (non-hydrogen) atoms. The number of hydrogen-bond acceptors (Lipinski definition) is 4. The Hall–Kier alpha value is -11.7. The molecule has 0 spiro atoms. The number of imidazole rings is 3. The number of fused-ring (bicyclic) bond motifs is 24. The summed E-state index contributed by atoms with van der Waals surface area (Å²) in [6, 6.07) is 94.0. The number of hydrogen-bond donors (Lipinski definition) is 0. The Labute approximate surface area is 483 Å². The third-order valence-corrected chi connectivity index (χ3v) is 18.2. The molecule has 1 aliphatic carbocycles. The molecule has 0 fully saturated rings. The second kappa shape index (κ2) is 16.5. The number of rotatable bonds is 5. The van der Waals surface area contributed by atoms with Crippen molar-refractivity contribution >= 4 is 121 Å². The molecule has 0 unspecified atom stereocenters. The van der Waals surface area contributed by atoms with E-state index in [2.05, 4.69) is 283 Å². The van der Waals surface area contributed by atoms with Crippen molar-refractivity contribution in [3.05, 3.63) is 261 Å². The number of benzene rings is 11. The molecule has 1 aliphatic rings. The van der Waals surface area contributed by atoms with E-state index in [1.54, 1.807) is 0 Å². The molecule has 392 valence electrons. The summed E-state index contributed by atoms with van der Waals surface area (Å²) in [5, 5.41) is 10.3. The maximum absolute atomic E-state index is 5.67. The summed E-state index contributed by atoms with van der Waals surface area (Å²) in [6.07, 6.45) is 0. The van der Waals surface area contributed by atoms with Gasteiger partial charge >= 0.3 is 0 Å². The summed E-state index contributed by atoms with van der Waals surface area (Å²) in [5.74, 6) is 1.75. The highest BCUT2D eigenvalue weighted by Gasteiger charge is 2.29. The zero-order chi connectivity index (χ0) is 55.2. The molecule has 0 saturated carbocycles. The van der Waals surface area contributed by atoms with Crippen LogP contribution in [0.2, 0.25) is 0 Å². The normalized spacial score (nSPS) is 12.5. The number of pyridine rings is 3. The van der Waals surface area contributed by atoms with Crippen LogP contribution in [0, 0.1) is 0 Å². The number of para-hydroxylation sites is 6. The van der Waals surface area contributed by atoms with E-state index in [0.717, 1.165) is 133 Å². The van der Waals surface area contributed by atoms with E-state index in [-0.39, 0.29) is 0 Å². The first-order valence-corrected chi connectivity index (χ1v) is 28.9. The molecule has 19 aromatic rings. The van der Waals surface area contributed by atoms with Crippen LogP contribution in [0.5, 0.6) is 0 Å². The number of aromatic nitrogens is 9. The van der Waals surface area contributed by atoms with Crippen molar-refractivity contribution in [3.8, 4) is 62.0 Å². The summed E-state index contributed by atoms with van der Waals surface area (Å²) in [7, 11) is 0. The SMILES string of the molecule is c1ccc(-n2c(-c3ccc(-n4c5ccc(-c6ccc7c(c6)-c6cccc8nc(-n9c%10ccccc%10c%10nc%11c%12ccccc%12c%12ccccc%12n%11c%109)cc-7c68)cc5c5nc6c7ccccc7c7ccccc7n6c54)cc3)nc3ccccc32)cc1. The van der Waals surface area contributed by atoms with Crippen LogP contribution < -0.4 is 0 Å². The third-order valence-electron chi connectivity index (χ3n) is 18.2. The van der Waals surface area contributed by atoms with E-state index in [1.165, 1.54) is 49.2 Å². The topological polar surface area (TPSA) is 75.2 Å². The predicted molar refractivity (Wildman–Crippen MR) is 348 cm³/mol. The first-order valence-electron chi connectivity index (χ1n) is 28.9. The molecule has 0 aliphatic heterocycles. The molecule has 0 bridgehead atoms. The third kappa shape index (κ3) is 5.99. The highest BCUT2D eigenvalue weighted by atomic mass is 15.2. The first-order chi connectivity index (χ1) is 42.2. The van der Waals surface area contributed by atoms with Crippen LogP contribution in [0.3, 0.4) is 0 Å². The Morgan fingerprint density at radius 3 is 1.51 bits per heavy atom. The monoisotopic (exact) mass is 1080 g/mol. The molecule has 9 heteroatoms. The zero-order valence-corrected chi connectivity index (χ0v) is 45.4. The lowest BCUT2D eigenvalue weighted by molar-refractivity contribution is 1.07. The van der Waals surface area contributed by atoms with E-state index < -0.39 is 0 Å². The van der Waals surface area contributed by atoms with Gasteiger partial charge in [0.05, 0.1) is 38.6 Å². The van der Waals surface area contributed by atoms with Crippen molar-refractivity contribution in [2.45, 2.75) is 0 Å². The molecule has 0 radical (unpaired) electrons. The molecule has 8 heterocycles. The lowest BCUT2D eigenvalue weighted by Gasteiger charge is -2.13. The molecule has 0 N–H and O–H groups in total. The smallest absolute Gasteiger partial charge is 0.152 e. The van der Waals surface area contributed by atoms with Gasteiger partial charge in [0.25, 0.3) is 0 Å². The molecule has 20 rings (SSSR count). The minimum absolute atomic E-state index is 0.857. The van der Waals surface area contributed by atoms with Crippen molar-refractivity contribution in [1.82, 2.24) is 42.4 Å². The molecular formula is C76H43N9. The van der Waals surface area contributed by atoms with Gasteiger partial charge in [-0.05, 0) is 141 Å². The average molecular weight is 1080 g/mol. The molecular weight excluding hydrogens is 1040 g/mol. The van der Waals surface area contributed by atoms with Crippen molar-refractivity contribution in [1.29, 1.82) is 0 Å². The van der Waals surface area contributed by atoms with Gasteiger partial charge in [-0.2, -0.15) is 0 Å². The van der Waals surface area contributed by atoms with E-state index >= 15 is 0 Å². The minimum Gasteiger partial charge on any atom is -0.294 e. The highest BCUT2D eigenvalue weighted by Crippen LogP contribution is 2.50. The van der Waals surface area contributed by atoms with Gasteiger partial charge in [-0.15, -0.1) is 0 Å². The summed E-state index contributed by atoms with van der Waals surface area (Å²) >= 11 is 0. The van der Waals surface area contributed by atoms with Crippen LogP contribution >= 0.6 is 0 Å². The molecule has 0 saturated heterocycles. The zero-order valence-electron chi connectivity index (χ0n) is 45.4. The quantitative estimate of drug-likeness (QED) is 0.161. The van der Waals surface area contributed by atoms with Crippen LogP contribution in [-0.2, 0) is 0 Å². The van der Waals surface area contributed by atoms with Crippen molar-refractivity contribution in [3.63, 3.8) is 0 Å². The van der Waals surface area contributed by atoms with Crippen LogP contribution in [0.1, 0.15) is 0 Å². The Bertz CT molecular complexity index is 6150. The van der Waals surface area contributed by atoms with Gasteiger partial charge in [-0.1, -0.05) is 164 Å². The second-order valence-corrected chi connectivity index (χ2v) is 22.6. The molecule has 9 nitrogen and oxygen atoms in total. The lowest BCUT2D eigenvalue weighted by atomic mass is 9.97. The van der Waals surface area contributed by atoms with Crippen molar-refractivity contribution < 1.29 is 0 Å². The maximum atomic E-state index is 5.67. The fraction of sp³-hybridized carbons (Fsp3) is 0. The second-order valence-electron chi connectivity index (χ2n) is 22.6. The molecule has 0 amide bonds. The van der Waals surface area contributed by atoms with Crippen molar-refractivity contribution in [2.75, 3.05) is 0 Å². The van der Waals surface area contributed by atoms with Gasteiger partial charge in [-0.3, -0.25) is 22.5 Å².